The zero-order valence-electron chi connectivity index (χ0n) is 13.9. The van der Waals surface area contributed by atoms with Gasteiger partial charge in [0.1, 0.15) is 18.1 Å². The predicted molar refractivity (Wildman–Crippen MR) is 89.8 cm³/mol. The van der Waals surface area contributed by atoms with Gasteiger partial charge >= 0.3 is 0 Å². The van der Waals surface area contributed by atoms with Crippen LogP contribution >= 0.6 is 0 Å². The predicted octanol–water partition coefficient (Wildman–Crippen LogP) is 3.73. The first-order valence-corrected chi connectivity index (χ1v) is 7.75. The summed E-state index contributed by atoms with van der Waals surface area (Å²) in [5.74, 6) is 1.51. The molecule has 2 rings (SSSR count). The van der Waals surface area contributed by atoms with Crippen molar-refractivity contribution < 1.29 is 19.3 Å². The molecule has 0 amide bonds. The van der Waals surface area contributed by atoms with Crippen LogP contribution in [0.15, 0.2) is 48.5 Å². The van der Waals surface area contributed by atoms with Gasteiger partial charge in [-0.1, -0.05) is 30.3 Å². The van der Waals surface area contributed by atoms with Crippen LogP contribution in [0.2, 0.25) is 0 Å². The minimum atomic E-state index is -0.233. The van der Waals surface area contributed by atoms with Crippen LogP contribution < -0.4 is 9.47 Å². The van der Waals surface area contributed by atoms with Gasteiger partial charge in [0.05, 0.1) is 25.9 Å². The lowest BCUT2D eigenvalue weighted by Gasteiger charge is -2.20. The number of aliphatic hydroxyl groups is 1. The molecule has 4 heteroatoms. The fourth-order valence-electron chi connectivity index (χ4n) is 2.33. The average molecular weight is 316 g/mol. The van der Waals surface area contributed by atoms with E-state index in [4.69, 9.17) is 19.3 Å². The van der Waals surface area contributed by atoms with Crippen LogP contribution in [0.4, 0.5) is 0 Å². The number of hydrogen-bond donors (Lipinski definition) is 1. The van der Waals surface area contributed by atoms with E-state index in [9.17, 15) is 0 Å². The molecule has 0 saturated heterocycles. The fraction of sp³-hybridized carbons (Fsp3) is 0.368. The first-order chi connectivity index (χ1) is 11.1. The summed E-state index contributed by atoms with van der Waals surface area (Å²) in [6.45, 7) is 4.26. The van der Waals surface area contributed by atoms with Crippen LogP contribution in [-0.2, 0) is 11.3 Å². The second-order valence-electron chi connectivity index (χ2n) is 5.45. The average Bonchev–Trinajstić information content (AvgIpc) is 2.60. The summed E-state index contributed by atoms with van der Waals surface area (Å²) in [4.78, 5) is 0. The van der Waals surface area contributed by atoms with Crippen molar-refractivity contribution in [1.82, 2.24) is 0 Å². The van der Waals surface area contributed by atoms with E-state index in [0.717, 1.165) is 22.6 Å². The first-order valence-electron chi connectivity index (χ1n) is 7.75. The van der Waals surface area contributed by atoms with Crippen molar-refractivity contribution in [3.63, 3.8) is 0 Å². The molecule has 4 nitrogen and oxygen atoms in total. The Hall–Kier alpha value is -2.04. The zero-order valence-corrected chi connectivity index (χ0v) is 13.9. The van der Waals surface area contributed by atoms with Crippen molar-refractivity contribution in [2.45, 2.75) is 32.7 Å². The highest BCUT2D eigenvalue weighted by molar-refractivity contribution is 5.41. The smallest absolute Gasteiger partial charge is 0.124 e. The maximum Gasteiger partial charge on any atom is 0.124 e. The van der Waals surface area contributed by atoms with Crippen molar-refractivity contribution in [2.75, 3.05) is 13.7 Å². The maximum atomic E-state index is 9.14. The molecular formula is C19H24O4. The van der Waals surface area contributed by atoms with E-state index in [1.165, 1.54) is 0 Å². The molecule has 0 aliphatic carbocycles. The minimum absolute atomic E-state index is 0.0170. The second-order valence-corrected chi connectivity index (χ2v) is 5.45. The standard InChI is InChI=1S/C19H24O4/c1-14(12-20)23-15(2)18-11-17(9-10-19(18)21-3)22-13-16-7-5-4-6-8-16/h4-11,14-15,20H,12-13H2,1-3H3/t14-,15-/m0/s1. The van der Waals surface area contributed by atoms with E-state index >= 15 is 0 Å². The van der Waals surface area contributed by atoms with Gasteiger partial charge in [-0.05, 0) is 37.6 Å². The quantitative estimate of drug-likeness (QED) is 0.806. The summed E-state index contributed by atoms with van der Waals surface area (Å²) in [7, 11) is 1.63. The Balaban J connectivity index is 2.11. The molecule has 2 aromatic carbocycles. The Morgan fingerprint density at radius 2 is 1.78 bits per heavy atom. The topological polar surface area (TPSA) is 47.9 Å². The molecule has 0 aromatic heterocycles. The van der Waals surface area contributed by atoms with E-state index in [1.54, 1.807) is 7.11 Å². The molecular weight excluding hydrogens is 292 g/mol. The first kappa shape index (κ1) is 17.3. The molecule has 0 spiro atoms. The third-order valence-corrected chi connectivity index (χ3v) is 3.58. The van der Waals surface area contributed by atoms with Crippen LogP contribution in [-0.4, -0.2) is 24.9 Å². The second kappa shape index (κ2) is 8.56. The van der Waals surface area contributed by atoms with Gasteiger partial charge in [-0.25, -0.2) is 0 Å². The Labute approximate surface area is 137 Å². The van der Waals surface area contributed by atoms with E-state index in [1.807, 2.05) is 62.4 Å². The zero-order chi connectivity index (χ0) is 16.7. The molecule has 1 N–H and O–H groups in total. The van der Waals surface area contributed by atoms with Crippen molar-refractivity contribution in [1.29, 1.82) is 0 Å². The van der Waals surface area contributed by atoms with Gasteiger partial charge in [-0.15, -0.1) is 0 Å². The molecule has 0 heterocycles. The van der Waals surface area contributed by atoms with Gasteiger partial charge in [-0.2, -0.15) is 0 Å². The highest BCUT2D eigenvalue weighted by Crippen LogP contribution is 2.32. The molecule has 124 valence electrons. The van der Waals surface area contributed by atoms with Gasteiger partial charge in [-0.3, -0.25) is 0 Å². The highest BCUT2D eigenvalue weighted by Gasteiger charge is 2.16. The summed E-state index contributed by atoms with van der Waals surface area (Å²) >= 11 is 0. The number of methoxy groups -OCH3 is 1. The molecule has 0 aliphatic rings. The summed E-state index contributed by atoms with van der Waals surface area (Å²) < 4.78 is 17.0. The fourth-order valence-corrected chi connectivity index (χ4v) is 2.33. The number of rotatable bonds is 8. The lowest BCUT2D eigenvalue weighted by molar-refractivity contribution is -0.0228. The Bertz CT molecular complexity index is 598. The number of benzene rings is 2. The molecule has 0 radical (unpaired) electrons. The van der Waals surface area contributed by atoms with Crippen molar-refractivity contribution in [2.24, 2.45) is 0 Å². The Morgan fingerprint density at radius 3 is 2.43 bits per heavy atom. The maximum absolute atomic E-state index is 9.14. The van der Waals surface area contributed by atoms with Crippen molar-refractivity contribution in [3.05, 3.63) is 59.7 Å². The third-order valence-electron chi connectivity index (χ3n) is 3.58. The number of ether oxygens (including phenoxy) is 3. The molecule has 0 fully saturated rings. The minimum Gasteiger partial charge on any atom is -0.496 e. The van der Waals surface area contributed by atoms with E-state index in [2.05, 4.69) is 0 Å². The summed E-state index contributed by atoms with van der Waals surface area (Å²) in [5, 5.41) is 9.14. The molecule has 0 saturated carbocycles. The molecule has 0 unspecified atom stereocenters. The van der Waals surface area contributed by atoms with Crippen LogP contribution in [0, 0.1) is 0 Å². The SMILES string of the molecule is COc1ccc(OCc2ccccc2)cc1[C@H](C)O[C@@H](C)CO. The summed E-state index contributed by atoms with van der Waals surface area (Å²) in [6, 6.07) is 15.7. The Kier molecular flexibility index (Phi) is 6.44. The van der Waals surface area contributed by atoms with Gasteiger partial charge in [0.15, 0.2) is 0 Å². The van der Waals surface area contributed by atoms with E-state index in [0.29, 0.717) is 6.61 Å². The largest absolute Gasteiger partial charge is 0.496 e. The molecule has 0 bridgehead atoms. The van der Waals surface area contributed by atoms with Gasteiger partial charge in [0, 0.05) is 5.56 Å². The van der Waals surface area contributed by atoms with Crippen molar-refractivity contribution >= 4 is 0 Å². The molecule has 23 heavy (non-hydrogen) atoms. The van der Waals surface area contributed by atoms with Crippen LogP contribution in [0.1, 0.15) is 31.1 Å². The normalized spacial score (nSPS) is 13.4. The van der Waals surface area contributed by atoms with Gasteiger partial charge in [0.2, 0.25) is 0 Å². The van der Waals surface area contributed by atoms with Crippen LogP contribution in [0.25, 0.3) is 0 Å². The van der Waals surface area contributed by atoms with E-state index in [-0.39, 0.29) is 18.8 Å². The lowest BCUT2D eigenvalue weighted by Crippen LogP contribution is -2.16. The molecule has 0 aliphatic heterocycles. The van der Waals surface area contributed by atoms with Gasteiger partial charge in [0.25, 0.3) is 0 Å². The molecule has 2 aromatic rings. The third kappa shape index (κ3) is 4.98. The summed E-state index contributed by atoms with van der Waals surface area (Å²) in [6.07, 6.45) is -0.434. The van der Waals surface area contributed by atoms with E-state index < -0.39 is 0 Å². The highest BCUT2D eigenvalue weighted by atomic mass is 16.5. The van der Waals surface area contributed by atoms with Gasteiger partial charge < -0.3 is 19.3 Å². The number of aliphatic hydroxyl groups excluding tert-OH is 1. The van der Waals surface area contributed by atoms with Crippen molar-refractivity contribution in [3.8, 4) is 11.5 Å². The summed E-state index contributed by atoms with van der Waals surface area (Å²) in [5.41, 5.74) is 2.02. The molecule has 2 atom stereocenters. The van der Waals surface area contributed by atoms with Crippen LogP contribution in [0.5, 0.6) is 11.5 Å². The van der Waals surface area contributed by atoms with Crippen LogP contribution in [0.3, 0.4) is 0 Å². The lowest BCUT2D eigenvalue weighted by atomic mass is 10.1. The number of hydrogen-bond acceptors (Lipinski definition) is 4. The Morgan fingerprint density at radius 1 is 1.04 bits per heavy atom. The monoisotopic (exact) mass is 316 g/mol.